The van der Waals surface area contributed by atoms with Crippen LogP contribution in [0.1, 0.15) is 25.5 Å². The van der Waals surface area contributed by atoms with E-state index in [1.807, 2.05) is 34.9 Å². The summed E-state index contributed by atoms with van der Waals surface area (Å²) < 4.78 is 5.24. The number of nitrogens with zero attached hydrogens (tertiary/aromatic N) is 2. The number of likely N-dealkylation sites (tertiary alicyclic amines) is 2. The zero-order valence-electron chi connectivity index (χ0n) is 13.8. The van der Waals surface area contributed by atoms with Crippen molar-refractivity contribution in [2.24, 2.45) is 11.8 Å². The second-order valence-corrected chi connectivity index (χ2v) is 6.39. The van der Waals surface area contributed by atoms with Gasteiger partial charge in [-0.3, -0.25) is 9.59 Å². The second kappa shape index (κ2) is 6.71. The van der Waals surface area contributed by atoms with Gasteiger partial charge in [0.15, 0.2) is 0 Å². The van der Waals surface area contributed by atoms with Crippen LogP contribution in [0.2, 0.25) is 0 Å². The molecule has 0 N–H and O–H groups in total. The van der Waals surface area contributed by atoms with Crippen LogP contribution in [0.4, 0.5) is 0 Å². The molecule has 0 spiro atoms. The molecule has 5 heteroatoms. The summed E-state index contributed by atoms with van der Waals surface area (Å²) in [5.74, 6) is 0.837. The lowest BCUT2D eigenvalue weighted by Gasteiger charge is -2.29. The third kappa shape index (κ3) is 3.11. The average molecular weight is 316 g/mol. The van der Waals surface area contributed by atoms with Gasteiger partial charge in [0.05, 0.1) is 6.04 Å². The molecule has 23 heavy (non-hydrogen) atoms. The molecule has 5 nitrogen and oxygen atoms in total. The summed E-state index contributed by atoms with van der Waals surface area (Å²) >= 11 is 0. The normalized spacial score (nSPS) is 26.4. The maximum absolute atomic E-state index is 12.2. The predicted molar refractivity (Wildman–Crippen MR) is 86.6 cm³/mol. The monoisotopic (exact) mass is 316 g/mol. The Morgan fingerprint density at radius 3 is 2.57 bits per heavy atom. The van der Waals surface area contributed by atoms with Gasteiger partial charge in [0.2, 0.25) is 11.8 Å². The van der Waals surface area contributed by atoms with Gasteiger partial charge in [0.25, 0.3) is 0 Å². The molecule has 0 unspecified atom stereocenters. The molecule has 2 aliphatic heterocycles. The number of rotatable bonds is 4. The van der Waals surface area contributed by atoms with Gasteiger partial charge in [0, 0.05) is 45.0 Å². The lowest BCUT2D eigenvalue weighted by molar-refractivity contribution is -0.135. The maximum atomic E-state index is 12.2. The van der Waals surface area contributed by atoms with Crippen LogP contribution >= 0.6 is 0 Å². The molecular formula is C18H24N2O3. The van der Waals surface area contributed by atoms with Crippen molar-refractivity contribution in [2.45, 2.75) is 19.9 Å². The molecule has 3 atom stereocenters. The van der Waals surface area contributed by atoms with Crippen molar-refractivity contribution in [3.05, 3.63) is 35.9 Å². The zero-order chi connectivity index (χ0) is 16.4. The smallest absolute Gasteiger partial charge is 0.248 e. The number of ether oxygens (including phenoxy) is 1. The standard InChI is InChI=1S/C18H24N2O3/c1-3-23-12-17(22)19-9-15-10-20(13(2)21)18(16(15)11-19)14-7-5-4-6-8-14/h4-8,15-16,18H,3,9-12H2,1-2H3/t15-,16-,18-/m1/s1. The van der Waals surface area contributed by atoms with Crippen LogP contribution in [0.5, 0.6) is 0 Å². The van der Waals surface area contributed by atoms with E-state index in [-0.39, 0.29) is 24.5 Å². The lowest BCUT2D eigenvalue weighted by atomic mass is 9.89. The highest BCUT2D eigenvalue weighted by atomic mass is 16.5. The van der Waals surface area contributed by atoms with E-state index in [1.165, 1.54) is 0 Å². The van der Waals surface area contributed by atoms with E-state index in [4.69, 9.17) is 4.74 Å². The first-order valence-electron chi connectivity index (χ1n) is 8.29. The fourth-order valence-electron chi connectivity index (χ4n) is 3.93. The van der Waals surface area contributed by atoms with Crippen LogP contribution < -0.4 is 0 Å². The SMILES string of the molecule is CCOCC(=O)N1C[C@@H]2CN(C(C)=O)[C@H](c3ccccc3)[C@@H]2C1. The molecular weight excluding hydrogens is 292 g/mol. The molecule has 0 radical (unpaired) electrons. The Balaban J connectivity index is 1.78. The number of hydrogen-bond donors (Lipinski definition) is 0. The molecule has 2 aliphatic rings. The van der Waals surface area contributed by atoms with Gasteiger partial charge in [-0.1, -0.05) is 30.3 Å². The summed E-state index contributed by atoms with van der Waals surface area (Å²) in [4.78, 5) is 28.1. The minimum absolute atomic E-state index is 0.0578. The molecule has 0 aromatic heterocycles. The quantitative estimate of drug-likeness (QED) is 0.849. The van der Waals surface area contributed by atoms with Crippen molar-refractivity contribution in [1.82, 2.24) is 9.80 Å². The molecule has 1 aromatic rings. The highest BCUT2D eigenvalue weighted by Gasteiger charge is 2.49. The minimum atomic E-state index is 0.0578. The molecule has 1 aromatic carbocycles. The summed E-state index contributed by atoms with van der Waals surface area (Å²) in [7, 11) is 0. The first kappa shape index (κ1) is 16.0. The van der Waals surface area contributed by atoms with E-state index in [2.05, 4.69) is 12.1 Å². The second-order valence-electron chi connectivity index (χ2n) is 6.39. The van der Waals surface area contributed by atoms with Crippen LogP contribution in [0.15, 0.2) is 30.3 Å². The van der Waals surface area contributed by atoms with Gasteiger partial charge >= 0.3 is 0 Å². The zero-order valence-corrected chi connectivity index (χ0v) is 13.8. The first-order valence-corrected chi connectivity index (χ1v) is 8.29. The number of hydrogen-bond acceptors (Lipinski definition) is 3. The fourth-order valence-corrected chi connectivity index (χ4v) is 3.93. The predicted octanol–water partition coefficient (Wildman–Crippen LogP) is 1.70. The van der Waals surface area contributed by atoms with Gasteiger partial charge < -0.3 is 14.5 Å². The molecule has 124 valence electrons. The lowest BCUT2D eigenvalue weighted by Crippen LogP contribution is -2.37. The number of fused-ring (bicyclic) bond motifs is 1. The van der Waals surface area contributed by atoms with E-state index < -0.39 is 0 Å². The summed E-state index contributed by atoms with van der Waals surface area (Å²) in [6, 6.07) is 10.2. The Bertz CT molecular complexity index is 575. The molecule has 0 saturated carbocycles. The number of carbonyl (C=O) groups excluding carboxylic acids is 2. The van der Waals surface area contributed by atoms with Gasteiger partial charge in [-0.15, -0.1) is 0 Å². The molecule has 2 amide bonds. The van der Waals surface area contributed by atoms with E-state index in [0.29, 0.717) is 25.0 Å². The maximum Gasteiger partial charge on any atom is 0.248 e. The summed E-state index contributed by atoms with van der Waals surface area (Å²) in [6.45, 7) is 6.40. The third-order valence-corrected chi connectivity index (χ3v) is 4.99. The molecule has 0 bridgehead atoms. The van der Waals surface area contributed by atoms with Crippen molar-refractivity contribution in [3.63, 3.8) is 0 Å². The molecule has 0 aliphatic carbocycles. The van der Waals surface area contributed by atoms with Crippen molar-refractivity contribution >= 4 is 11.8 Å². The van der Waals surface area contributed by atoms with Gasteiger partial charge in [0.1, 0.15) is 6.61 Å². The number of carbonyl (C=O) groups is 2. The number of benzene rings is 1. The summed E-state index contributed by atoms with van der Waals surface area (Å²) in [5, 5.41) is 0. The van der Waals surface area contributed by atoms with E-state index >= 15 is 0 Å². The number of amides is 2. The minimum Gasteiger partial charge on any atom is -0.372 e. The third-order valence-electron chi connectivity index (χ3n) is 4.99. The average Bonchev–Trinajstić information content (AvgIpc) is 3.11. The molecule has 2 saturated heterocycles. The van der Waals surface area contributed by atoms with E-state index in [0.717, 1.165) is 18.7 Å². The van der Waals surface area contributed by atoms with Crippen LogP contribution in [-0.2, 0) is 14.3 Å². The van der Waals surface area contributed by atoms with Crippen LogP contribution in [0.3, 0.4) is 0 Å². The van der Waals surface area contributed by atoms with Crippen LogP contribution in [-0.4, -0.2) is 54.5 Å². The largest absolute Gasteiger partial charge is 0.372 e. The van der Waals surface area contributed by atoms with Crippen molar-refractivity contribution in [3.8, 4) is 0 Å². The highest BCUT2D eigenvalue weighted by Crippen LogP contribution is 2.44. The Hall–Kier alpha value is -1.88. The summed E-state index contributed by atoms with van der Waals surface area (Å²) in [5.41, 5.74) is 1.16. The van der Waals surface area contributed by atoms with Gasteiger partial charge in [-0.2, -0.15) is 0 Å². The Labute approximate surface area is 137 Å². The van der Waals surface area contributed by atoms with Crippen molar-refractivity contribution in [1.29, 1.82) is 0 Å². The van der Waals surface area contributed by atoms with Crippen LogP contribution in [0, 0.1) is 11.8 Å². The first-order chi connectivity index (χ1) is 11.1. The van der Waals surface area contributed by atoms with E-state index in [9.17, 15) is 9.59 Å². The topological polar surface area (TPSA) is 49.9 Å². The Morgan fingerprint density at radius 2 is 1.91 bits per heavy atom. The summed E-state index contributed by atoms with van der Waals surface area (Å²) in [6.07, 6.45) is 0. The van der Waals surface area contributed by atoms with Crippen LogP contribution in [0.25, 0.3) is 0 Å². The van der Waals surface area contributed by atoms with Crippen molar-refractivity contribution < 1.29 is 14.3 Å². The molecule has 2 fully saturated rings. The molecule has 3 rings (SSSR count). The van der Waals surface area contributed by atoms with Gasteiger partial charge in [-0.25, -0.2) is 0 Å². The Morgan fingerprint density at radius 1 is 1.17 bits per heavy atom. The fraction of sp³-hybridized carbons (Fsp3) is 0.556. The van der Waals surface area contributed by atoms with E-state index in [1.54, 1.807) is 6.92 Å². The highest BCUT2D eigenvalue weighted by molar-refractivity contribution is 5.78. The molecule has 2 heterocycles. The van der Waals surface area contributed by atoms with Crippen molar-refractivity contribution in [2.75, 3.05) is 32.8 Å². The van der Waals surface area contributed by atoms with Gasteiger partial charge in [-0.05, 0) is 12.5 Å². The Kier molecular flexibility index (Phi) is 4.66.